The summed E-state index contributed by atoms with van der Waals surface area (Å²) in [6, 6.07) is 0. The molecule has 0 spiro atoms. The summed E-state index contributed by atoms with van der Waals surface area (Å²) in [5, 5.41) is 11.1. The third kappa shape index (κ3) is 2.72. The van der Waals surface area contributed by atoms with Crippen molar-refractivity contribution in [1.82, 2.24) is 15.1 Å². The zero-order valence-corrected chi connectivity index (χ0v) is 9.58. The number of rotatable bonds is 3. The van der Waals surface area contributed by atoms with Crippen LogP contribution in [0.5, 0.6) is 0 Å². The van der Waals surface area contributed by atoms with Crippen molar-refractivity contribution in [3.8, 4) is 0 Å². The van der Waals surface area contributed by atoms with Gasteiger partial charge in [0, 0.05) is 25.3 Å². The Morgan fingerprint density at radius 2 is 2.47 bits per heavy atom. The van der Waals surface area contributed by atoms with Crippen molar-refractivity contribution in [1.29, 1.82) is 0 Å². The average Bonchev–Trinajstić information content (AvgIpc) is 2.63. The van der Waals surface area contributed by atoms with Gasteiger partial charge in [-0.15, -0.1) is 0 Å². The van der Waals surface area contributed by atoms with Crippen LogP contribution in [-0.2, 0) is 7.05 Å². The molecule has 1 aromatic heterocycles. The largest absolute Gasteiger partial charge is 0.381 e. The maximum absolute atomic E-state index is 4.14. The van der Waals surface area contributed by atoms with Crippen LogP contribution in [0.4, 0.5) is 5.69 Å². The second kappa shape index (κ2) is 4.23. The van der Waals surface area contributed by atoms with Crippen LogP contribution in [0, 0.1) is 0 Å². The van der Waals surface area contributed by atoms with Crippen LogP contribution in [0.2, 0.25) is 0 Å². The summed E-state index contributed by atoms with van der Waals surface area (Å²) in [7, 11) is 1.94. The van der Waals surface area contributed by atoms with Gasteiger partial charge in [0.05, 0.1) is 11.9 Å². The molecule has 2 heterocycles. The minimum Gasteiger partial charge on any atom is -0.381 e. The number of piperidine rings is 1. The SMILES string of the molecule is Cn1cc(NCC2(C)CCCCN2)cn1. The molecule has 4 heteroatoms. The van der Waals surface area contributed by atoms with Gasteiger partial charge in [0.15, 0.2) is 0 Å². The first kappa shape index (κ1) is 10.5. The van der Waals surface area contributed by atoms with Gasteiger partial charge >= 0.3 is 0 Å². The van der Waals surface area contributed by atoms with E-state index >= 15 is 0 Å². The van der Waals surface area contributed by atoms with E-state index in [9.17, 15) is 0 Å². The first-order valence-electron chi connectivity index (χ1n) is 5.66. The van der Waals surface area contributed by atoms with Gasteiger partial charge in [-0.25, -0.2) is 0 Å². The molecule has 0 aliphatic carbocycles. The molecule has 0 aromatic carbocycles. The Kier molecular flexibility index (Phi) is 2.95. The highest BCUT2D eigenvalue weighted by molar-refractivity contribution is 5.38. The van der Waals surface area contributed by atoms with Crippen molar-refractivity contribution in [2.24, 2.45) is 7.05 Å². The number of hydrogen-bond donors (Lipinski definition) is 2. The number of aromatic nitrogens is 2. The van der Waals surface area contributed by atoms with E-state index in [0.29, 0.717) is 0 Å². The summed E-state index contributed by atoms with van der Waals surface area (Å²) in [6.45, 7) is 4.40. The fourth-order valence-corrected chi connectivity index (χ4v) is 2.08. The zero-order valence-electron chi connectivity index (χ0n) is 9.58. The highest BCUT2D eigenvalue weighted by Crippen LogP contribution is 2.19. The maximum atomic E-state index is 4.14. The van der Waals surface area contributed by atoms with Gasteiger partial charge in [-0.2, -0.15) is 5.10 Å². The summed E-state index contributed by atoms with van der Waals surface area (Å²) < 4.78 is 1.82. The molecule has 0 radical (unpaired) electrons. The van der Waals surface area contributed by atoms with Crippen molar-refractivity contribution in [2.45, 2.75) is 31.7 Å². The van der Waals surface area contributed by atoms with Gasteiger partial charge in [0.25, 0.3) is 0 Å². The molecule has 1 aliphatic rings. The summed E-state index contributed by atoms with van der Waals surface area (Å²) in [4.78, 5) is 0. The summed E-state index contributed by atoms with van der Waals surface area (Å²) >= 11 is 0. The second-order valence-corrected chi connectivity index (χ2v) is 4.70. The van der Waals surface area contributed by atoms with E-state index in [2.05, 4.69) is 22.7 Å². The van der Waals surface area contributed by atoms with Crippen molar-refractivity contribution < 1.29 is 0 Å². The Morgan fingerprint density at radius 1 is 1.60 bits per heavy atom. The molecule has 0 bridgehead atoms. The number of hydrogen-bond acceptors (Lipinski definition) is 3. The van der Waals surface area contributed by atoms with Gasteiger partial charge < -0.3 is 10.6 Å². The summed E-state index contributed by atoms with van der Waals surface area (Å²) in [6.07, 6.45) is 7.76. The van der Waals surface area contributed by atoms with E-state index in [4.69, 9.17) is 0 Å². The van der Waals surface area contributed by atoms with E-state index in [0.717, 1.165) is 18.8 Å². The molecular weight excluding hydrogens is 188 g/mol. The molecule has 1 atom stereocenters. The maximum Gasteiger partial charge on any atom is 0.0727 e. The van der Waals surface area contributed by atoms with E-state index < -0.39 is 0 Å². The molecular formula is C11H20N4. The van der Waals surface area contributed by atoms with E-state index in [1.807, 2.05) is 24.1 Å². The minimum absolute atomic E-state index is 0.244. The third-order valence-electron chi connectivity index (χ3n) is 3.09. The normalized spacial score (nSPS) is 26.5. The highest BCUT2D eigenvalue weighted by Gasteiger charge is 2.25. The van der Waals surface area contributed by atoms with Gasteiger partial charge in [0.2, 0.25) is 0 Å². The molecule has 1 fully saturated rings. The zero-order chi connectivity index (χ0) is 10.7. The Morgan fingerprint density at radius 3 is 3.07 bits per heavy atom. The van der Waals surface area contributed by atoms with Gasteiger partial charge in [-0.3, -0.25) is 4.68 Å². The average molecular weight is 208 g/mol. The molecule has 1 saturated heterocycles. The molecule has 2 N–H and O–H groups in total. The lowest BCUT2D eigenvalue weighted by Gasteiger charge is -2.35. The predicted molar refractivity (Wildman–Crippen MR) is 62.0 cm³/mol. The molecule has 84 valence electrons. The Balaban J connectivity index is 1.86. The van der Waals surface area contributed by atoms with Crippen molar-refractivity contribution in [2.75, 3.05) is 18.4 Å². The van der Waals surface area contributed by atoms with Crippen LogP contribution in [0.25, 0.3) is 0 Å². The number of anilines is 1. The molecule has 1 aliphatic heterocycles. The topological polar surface area (TPSA) is 41.9 Å². The Bertz CT molecular complexity index is 312. The minimum atomic E-state index is 0.244. The molecule has 15 heavy (non-hydrogen) atoms. The summed E-state index contributed by atoms with van der Waals surface area (Å²) in [5.41, 5.74) is 1.35. The van der Waals surface area contributed by atoms with Crippen LogP contribution in [0.1, 0.15) is 26.2 Å². The quantitative estimate of drug-likeness (QED) is 0.788. The first-order valence-corrected chi connectivity index (χ1v) is 5.66. The van der Waals surface area contributed by atoms with E-state index in [1.54, 1.807) is 0 Å². The van der Waals surface area contributed by atoms with Crippen molar-refractivity contribution >= 4 is 5.69 Å². The third-order valence-corrected chi connectivity index (χ3v) is 3.09. The van der Waals surface area contributed by atoms with Crippen LogP contribution < -0.4 is 10.6 Å². The smallest absolute Gasteiger partial charge is 0.0727 e. The Hall–Kier alpha value is -1.03. The molecule has 2 rings (SSSR count). The van der Waals surface area contributed by atoms with Crippen molar-refractivity contribution in [3.05, 3.63) is 12.4 Å². The van der Waals surface area contributed by atoms with Crippen LogP contribution in [-0.4, -0.2) is 28.4 Å². The second-order valence-electron chi connectivity index (χ2n) is 4.70. The lowest BCUT2D eigenvalue weighted by atomic mass is 9.91. The van der Waals surface area contributed by atoms with E-state index in [1.165, 1.54) is 19.3 Å². The van der Waals surface area contributed by atoms with E-state index in [-0.39, 0.29) is 5.54 Å². The summed E-state index contributed by atoms with van der Waals surface area (Å²) in [5.74, 6) is 0. The Labute approximate surface area is 91.1 Å². The van der Waals surface area contributed by atoms with Crippen LogP contribution in [0.15, 0.2) is 12.4 Å². The number of aryl methyl sites for hydroxylation is 1. The predicted octanol–water partition coefficient (Wildman–Crippen LogP) is 1.36. The lowest BCUT2D eigenvalue weighted by Crippen LogP contribution is -2.50. The molecule has 1 unspecified atom stereocenters. The number of nitrogens with zero attached hydrogens (tertiary/aromatic N) is 2. The standard InChI is InChI=1S/C11H20N4/c1-11(5-3-4-6-13-11)9-12-10-7-14-15(2)8-10/h7-8,12-13H,3-6,9H2,1-2H3. The van der Waals surface area contributed by atoms with Crippen molar-refractivity contribution in [3.63, 3.8) is 0 Å². The monoisotopic (exact) mass is 208 g/mol. The highest BCUT2D eigenvalue weighted by atomic mass is 15.3. The molecule has 0 amide bonds. The number of nitrogens with one attached hydrogen (secondary N) is 2. The van der Waals surface area contributed by atoms with Crippen LogP contribution >= 0.6 is 0 Å². The fourth-order valence-electron chi connectivity index (χ4n) is 2.08. The van der Waals surface area contributed by atoms with Gasteiger partial charge in [-0.1, -0.05) is 6.42 Å². The molecule has 4 nitrogen and oxygen atoms in total. The van der Waals surface area contributed by atoms with Crippen LogP contribution in [0.3, 0.4) is 0 Å². The van der Waals surface area contributed by atoms with Gasteiger partial charge in [-0.05, 0) is 26.3 Å². The van der Waals surface area contributed by atoms with Gasteiger partial charge in [0.1, 0.15) is 0 Å². The molecule has 0 saturated carbocycles. The first-order chi connectivity index (χ1) is 7.18. The fraction of sp³-hybridized carbons (Fsp3) is 0.727. The molecule has 1 aromatic rings. The lowest BCUT2D eigenvalue weighted by molar-refractivity contribution is 0.293.